The molecule has 1 aromatic carbocycles. The Labute approximate surface area is 147 Å². The quantitative estimate of drug-likeness (QED) is 0.847. The summed E-state index contributed by atoms with van der Waals surface area (Å²) in [5.74, 6) is -0.585. The van der Waals surface area contributed by atoms with Gasteiger partial charge >= 0.3 is 0 Å². The first kappa shape index (κ1) is 18.1. The minimum atomic E-state index is -3.51. The lowest BCUT2D eigenvalue weighted by Crippen LogP contribution is -2.61. The van der Waals surface area contributed by atoms with E-state index in [4.69, 9.17) is 0 Å². The van der Waals surface area contributed by atoms with Crippen molar-refractivity contribution in [2.45, 2.75) is 17.6 Å². The van der Waals surface area contributed by atoms with Crippen LogP contribution >= 0.6 is 0 Å². The number of piperazine rings is 1. The zero-order valence-electron chi connectivity index (χ0n) is 14.4. The van der Waals surface area contributed by atoms with Crippen LogP contribution in [0.15, 0.2) is 24.3 Å². The van der Waals surface area contributed by atoms with E-state index in [0.29, 0.717) is 57.8 Å². The van der Waals surface area contributed by atoms with Gasteiger partial charge in [-0.25, -0.2) is 12.8 Å². The van der Waals surface area contributed by atoms with Gasteiger partial charge in [0.15, 0.2) is 14.6 Å². The van der Waals surface area contributed by atoms with E-state index in [1.54, 1.807) is 23.1 Å². The molecule has 0 saturated carbocycles. The number of amides is 1. The molecule has 0 spiro atoms. The number of nitrogens with zero attached hydrogens (tertiary/aromatic N) is 2. The van der Waals surface area contributed by atoms with Gasteiger partial charge in [-0.3, -0.25) is 4.79 Å². The molecule has 2 aliphatic rings. The molecule has 0 radical (unpaired) electrons. The topological polar surface area (TPSA) is 69.7 Å². The summed E-state index contributed by atoms with van der Waals surface area (Å²) in [6.07, 6.45) is 1.77. The molecule has 0 unspecified atom stereocenters. The second kappa shape index (κ2) is 6.92. The first-order valence-corrected chi connectivity index (χ1v) is 10.4. The molecule has 3 rings (SSSR count). The zero-order chi connectivity index (χ0) is 18.1. The molecule has 6 nitrogen and oxygen atoms in total. The molecule has 138 valence electrons. The second-order valence-electron chi connectivity index (χ2n) is 6.75. The molecule has 2 saturated heterocycles. The molecule has 0 bridgehead atoms. The standard InChI is InChI=1S/C17H24FN3O3S/c1-25(23,24)17(6-8-19-9-7-17)16(22)21-12-10-20(11-13-21)15-5-3-2-4-14(15)18/h2-5,19H,6-13H2,1H3. The number of sulfone groups is 1. The van der Waals surface area contributed by atoms with Gasteiger partial charge in [0.1, 0.15) is 5.82 Å². The Morgan fingerprint density at radius 1 is 1.12 bits per heavy atom. The Bertz CT molecular complexity index is 739. The van der Waals surface area contributed by atoms with E-state index in [1.165, 1.54) is 6.07 Å². The third-order valence-electron chi connectivity index (χ3n) is 5.27. The van der Waals surface area contributed by atoms with Crippen LogP contribution < -0.4 is 10.2 Å². The van der Waals surface area contributed by atoms with Crippen LogP contribution in [-0.4, -0.2) is 69.5 Å². The van der Waals surface area contributed by atoms with Crippen molar-refractivity contribution in [1.29, 1.82) is 0 Å². The van der Waals surface area contributed by atoms with Crippen molar-refractivity contribution in [2.75, 3.05) is 50.4 Å². The van der Waals surface area contributed by atoms with Crippen LogP contribution in [0.5, 0.6) is 0 Å². The van der Waals surface area contributed by atoms with Crippen LogP contribution in [0.4, 0.5) is 10.1 Å². The van der Waals surface area contributed by atoms with Crippen LogP contribution in [0.25, 0.3) is 0 Å². The molecular formula is C17H24FN3O3S. The minimum absolute atomic E-state index is 0.284. The molecule has 1 amide bonds. The van der Waals surface area contributed by atoms with Gasteiger partial charge in [-0.05, 0) is 38.1 Å². The Morgan fingerprint density at radius 2 is 1.72 bits per heavy atom. The SMILES string of the molecule is CS(=O)(=O)C1(C(=O)N2CCN(c3ccccc3F)CC2)CCNCC1. The fraction of sp³-hybridized carbons (Fsp3) is 0.588. The first-order valence-electron chi connectivity index (χ1n) is 8.54. The zero-order valence-corrected chi connectivity index (χ0v) is 15.2. The fourth-order valence-corrected chi connectivity index (χ4v) is 5.11. The van der Waals surface area contributed by atoms with Gasteiger partial charge in [0.2, 0.25) is 5.91 Å². The smallest absolute Gasteiger partial charge is 0.244 e. The van der Waals surface area contributed by atoms with Gasteiger partial charge in [-0.2, -0.15) is 0 Å². The molecule has 2 fully saturated rings. The Kier molecular flexibility index (Phi) is 5.02. The van der Waals surface area contributed by atoms with Crippen molar-refractivity contribution < 1.29 is 17.6 Å². The van der Waals surface area contributed by atoms with Gasteiger partial charge < -0.3 is 15.1 Å². The predicted molar refractivity (Wildman–Crippen MR) is 94.9 cm³/mol. The number of carbonyl (C=O) groups excluding carboxylic acids is 1. The third kappa shape index (κ3) is 3.37. The number of hydrogen-bond acceptors (Lipinski definition) is 5. The highest BCUT2D eigenvalue weighted by atomic mass is 32.2. The number of anilines is 1. The van der Waals surface area contributed by atoms with Gasteiger partial charge in [0.05, 0.1) is 5.69 Å². The van der Waals surface area contributed by atoms with Gasteiger partial charge in [0, 0.05) is 32.4 Å². The van der Waals surface area contributed by atoms with Crippen molar-refractivity contribution in [2.24, 2.45) is 0 Å². The highest BCUT2D eigenvalue weighted by Gasteiger charge is 2.50. The van der Waals surface area contributed by atoms with E-state index in [1.807, 2.05) is 4.90 Å². The summed E-state index contributed by atoms with van der Waals surface area (Å²) in [5, 5.41) is 3.12. The lowest BCUT2D eigenvalue weighted by Gasteiger charge is -2.42. The molecule has 1 N–H and O–H groups in total. The highest BCUT2D eigenvalue weighted by molar-refractivity contribution is 7.92. The maximum atomic E-state index is 13.9. The molecule has 25 heavy (non-hydrogen) atoms. The number of hydrogen-bond donors (Lipinski definition) is 1. The normalized spacial score (nSPS) is 21.2. The summed E-state index contributed by atoms with van der Waals surface area (Å²) in [4.78, 5) is 16.6. The van der Waals surface area contributed by atoms with E-state index in [9.17, 15) is 17.6 Å². The van der Waals surface area contributed by atoms with E-state index in [-0.39, 0.29) is 11.7 Å². The molecule has 0 aromatic heterocycles. The molecule has 1 aromatic rings. The van der Waals surface area contributed by atoms with E-state index < -0.39 is 14.6 Å². The lowest BCUT2D eigenvalue weighted by molar-refractivity contribution is -0.135. The molecule has 8 heteroatoms. The van der Waals surface area contributed by atoms with Crippen LogP contribution in [0.3, 0.4) is 0 Å². The van der Waals surface area contributed by atoms with E-state index in [2.05, 4.69) is 5.32 Å². The van der Waals surface area contributed by atoms with Crippen molar-refractivity contribution in [3.05, 3.63) is 30.1 Å². The largest absolute Gasteiger partial charge is 0.366 e. The summed E-state index contributed by atoms with van der Waals surface area (Å²) in [6, 6.07) is 6.56. The maximum Gasteiger partial charge on any atom is 0.244 e. The Morgan fingerprint density at radius 3 is 2.28 bits per heavy atom. The van der Waals surface area contributed by atoms with Crippen LogP contribution in [0.1, 0.15) is 12.8 Å². The van der Waals surface area contributed by atoms with Crippen LogP contribution in [0, 0.1) is 5.82 Å². The number of rotatable bonds is 3. The summed E-state index contributed by atoms with van der Waals surface area (Å²) in [6.45, 7) is 2.83. The van der Waals surface area contributed by atoms with Crippen molar-refractivity contribution >= 4 is 21.4 Å². The molecule has 2 heterocycles. The average molecular weight is 369 g/mol. The third-order valence-corrected chi connectivity index (χ3v) is 7.27. The molecular weight excluding hydrogens is 345 g/mol. The van der Waals surface area contributed by atoms with Crippen molar-refractivity contribution in [3.63, 3.8) is 0 Å². The summed E-state index contributed by atoms with van der Waals surface area (Å²) in [5.41, 5.74) is 0.522. The number of piperidine rings is 1. The minimum Gasteiger partial charge on any atom is -0.366 e. The van der Waals surface area contributed by atoms with Gasteiger partial charge in [-0.1, -0.05) is 12.1 Å². The predicted octanol–water partition coefficient (Wildman–Crippen LogP) is 0.641. The molecule has 0 aliphatic carbocycles. The Balaban J connectivity index is 1.73. The highest BCUT2D eigenvalue weighted by Crippen LogP contribution is 2.31. The summed E-state index contributed by atoms with van der Waals surface area (Å²) in [7, 11) is -3.51. The number of para-hydroxylation sites is 1. The molecule has 0 atom stereocenters. The van der Waals surface area contributed by atoms with Crippen molar-refractivity contribution in [1.82, 2.24) is 10.2 Å². The van der Waals surface area contributed by atoms with Gasteiger partial charge in [-0.15, -0.1) is 0 Å². The first-order chi connectivity index (χ1) is 11.8. The average Bonchev–Trinajstić information content (AvgIpc) is 2.61. The van der Waals surface area contributed by atoms with Crippen molar-refractivity contribution in [3.8, 4) is 0 Å². The van der Waals surface area contributed by atoms with E-state index in [0.717, 1.165) is 6.26 Å². The maximum absolute atomic E-state index is 13.9. The summed E-state index contributed by atoms with van der Waals surface area (Å²) < 4.78 is 37.4. The van der Waals surface area contributed by atoms with Crippen LogP contribution in [-0.2, 0) is 14.6 Å². The fourth-order valence-electron chi connectivity index (χ4n) is 3.72. The lowest BCUT2D eigenvalue weighted by atomic mass is 9.94. The number of halogens is 1. The number of nitrogens with one attached hydrogen (secondary N) is 1. The van der Waals surface area contributed by atoms with Gasteiger partial charge in [0.25, 0.3) is 0 Å². The molecule has 2 aliphatic heterocycles. The van der Waals surface area contributed by atoms with E-state index >= 15 is 0 Å². The Hall–Kier alpha value is -1.67. The number of carbonyl (C=O) groups is 1. The van der Waals surface area contributed by atoms with Crippen LogP contribution in [0.2, 0.25) is 0 Å². The monoisotopic (exact) mass is 369 g/mol. The summed E-state index contributed by atoms with van der Waals surface area (Å²) >= 11 is 0. The second-order valence-corrected chi connectivity index (χ2v) is 9.07. The number of benzene rings is 1.